The molecule has 4 heteroatoms. The highest BCUT2D eigenvalue weighted by Crippen LogP contribution is 1.98. The summed E-state index contributed by atoms with van der Waals surface area (Å²) in [5, 5.41) is 19.8. The van der Waals surface area contributed by atoms with Crippen molar-refractivity contribution in [3.8, 4) is 0 Å². The van der Waals surface area contributed by atoms with Crippen LogP contribution in [0.25, 0.3) is 0 Å². The molecule has 0 aliphatic carbocycles. The maximum atomic E-state index is 9.76. The van der Waals surface area contributed by atoms with E-state index in [2.05, 4.69) is 5.32 Å². The number of carbonyl (C=O) groups excluding carboxylic acids is 1. The van der Waals surface area contributed by atoms with Gasteiger partial charge in [0.1, 0.15) is 0 Å². The molecular formula is C7H15NO3. The molecule has 0 aromatic carbocycles. The lowest BCUT2D eigenvalue weighted by Crippen LogP contribution is -2.15. The third-order valence-electron chi connectivity index (χ3n) is 1.40. The van der Waals surface area contributed by atoms with Crippen molar-refractivity contribution in [3.05, 3.63) is 0 Å². The maximum Gasteiger partial charge on any atom is 0.207 e. The molecule has 0 spiro atoms. The summed E-state index contributed by atoms with van der Waals surface area (Å²) in [6.45, 7) is 0.461. The van der Waals surface area contributed by atoms with Crippen molar-refractivity contribution >= 4 is 6.41 Å². The zero-order valence-electron chi connectivity index (χ0n) is 6.49. The highest BCUT2D eigenvalue weighted by atomic mass is 16.3. The van der Waals surface area contributed by atoms with Crippen molar-refractivity contribution in [1.82, 2.24) is 5.32 Å². The van der Waals surface area contributed by atoms with E-state index in [4.69, 9.17) is 10.2 Å². The molecule has 66 valence electrons. The van der Waals surface area contributed by atoms with Gasteiger partial charge in [0.2, 0.25) is 6.41 Å². The normalized spacial score (nSPS) is 12.5. The molecule has 0 aliphatic rings. The van der Waals surface area contributed by atoms with Crippen LogP contribution in [-0.2, 0) is 4.79 Å². The standard InChI is InChI=1S/C7H15NO3/c9-5-7(11)3-1-2-4-8-6-10/h6-7,9,11H,1-5H2,(H,8,10)/t7-/m0/s1. The topological polar surface area (TPSA) is 69.6 Å². The second-order valence-electron chi connectivity index (χ2n) is 2.40. The van der Waals surface area contributed by atoms with E-state index in [1.165, 1.54) is 0 Å². The van der Waals surface area contributed by atoms with E-state index in [0.717, 1.165) is 12.8 Å². The Bertz CT molecular complexity index is 97.7. The minimum Gasteiger partial charge on any atom is -0.394 e. The molecule has 0 rings (SSSR count). The van der Waals surface area contributed by atoms with Crippen LogP contribution in [0.2, 0.25) is 0 Å². The summed E-state index contributed by atoms with van der Waals surface area (Å²) >= 11 is 0. The number of aliphatic hydroxyl groups excluding tert-OH is 2. The van der Waals surface area contributed by atoms with Gasteiger partial charge in [-0.15, -0.1) is 0 Å². The number of amides is 1. The van der Waals surface area contributed by atoms with E-state index in [-0.39, 0.29) is 6.61 Å². The molecule has 0 unspecified atom stereocenters. The van der Waals surface area contributed by atoms with Gasteiger partial charge in [-0.3, -0.25) is 4.79 Å². The second-order valence-corrected chi connectivity index (χ2v) is 2.40. The minimum absolute atomic E-state index is 0.179. The van der Waals surface area contributed by atoms with Gasteiger partial charge in [0, 0.05) is 6.54 Å². The fourth-order valence-corrected chi connectivity index (χ4v) is 0.757. The highest BCUT2D eigenvalue weighted by molar-refractivity contribution is 5.45. The summed E-state index contributed by atoms with van der Waals surface area (Å²) in [4.78, 5) is 9.76. The molecule has 1 atom stereocenters. The molecule has 4 nitrogen and oxygen atoms in total. The average molecular weight is 161 g/mol. The first-order valence-corrected chi connectivity index (χ1v) is 3.77. The van der Waals surface area contributed by atoms with Crippen LogP contribution in [0, 0.1) is 0 Å². The van der Waals surface area contributed by atoms with Crippen LogP contribution >= 0.6 is 0 Å². The van der Waals surface area contributed by atoms with E-state index in [0.29, 0.717) is 19.4 Å². The molecule has 0 saturated heterocycles. The van der Waals surface area contributed by atoms with Crippen LogP contribution < -0.4 is 5.32 Å². The third kappa shape index (κ3) is 7.29. The molecule has 1 amide bonds. The van der Waals surface area contributed by atoms with Crippen LogP contribution in [0.3, 0.4) is 0 Å². The van der Waals surface area contributed by atoms with Gasteiger partial charge < -0.3 is 15.5 Å². The SMILES string of the molecule is O=CNCCCC[C@H](O)CO. The molecule has 0 bridgehead atoms. The van der Waals surface area contributed by atoms with Crippen LogP contribution in [0.1, 0.15) is 19.3 Å². The Morgan fingerprint density at radius 1 is 1.45 bits per heavy atom. The van der Waals surface area contributed by atoms with Gasteiger partial charge in [-0.05, 0) is 19.3 Å². The van der Waals surface area contributed by atoms with E-state index < -0.39 is 6.10 Å². The number of rotatable bonds is 7. The molecule has 0 radical (unpaired) electrons. The summed E-state index contributed by atoms with van der Waals surface area (Å²) in [6.07, 6.45) is 2.31. The Balaban J connectivity index is 2.95. The van der Waals surface area contributed by atoms with Crippen LogP contribution in [0.5, 0.6) is 0 Å². The number of nitrogens with one attached hydrogen (secondary N) is 1. The Labute approximate surface area is 66.2 Å². The smallest absolute Gasteiger partial charge is 0.207 e. The van der Waals surface area contributed by atoms with Crippen LogP contribution in [0.15, 0.2) is 0 Å². The van der Waals surface area contributed by atoms with E-state index in [9.17, 15) is 4.79 Å². The number of hydrogen-bond acceptors (Lipinski definition) is 3. The number of unbranched alkanes of at least 4 members (excludes halogenated alkanes) is 1. The first kappa shape index (κ1) is 10.4. The van der Waals surface area contributed by atoms with Crippen LogP contribution in [0.4, 0.5) is 0 Å². The zero-order chi connectivity index (χ0) is 8.53. The molecule has 3 N–H and O–H groups in total. The molecule has 11 heavy (non-hydrogen) atoms. The van der Waals surface area contributed by atoms with Gasteiger partial charge in [0.25, 0.3) is 0 Å². The first-order valence-electron chi connectivity index (χ1n) is 3.77. The van der Waals surface area contributed by atoms with Crippen molar-refractivity contribution in [3.63, 3.8) is 0 Å². The Morgan fingerprint density at radius 2 is 2.18 bits per heavy atom. The van der Waals surface area contributed by atoms with E-state index in [1.807, 2.05) is 0 Å². The molecule has 0 aliphatic heterocycles. The molecule has 0 fully saturated rings. The summed E-state index contributed by atoms with van der Waals surface area (Å²) < 4.78 is 0. The third-order valence-corrected chi connectivity index (χ3v) is 1.40. The van der Waals surface area contributed by atoms with Gasteiger partial charge in [-0.25, -0.2) is 0 Å². The summed E-state index contributed by atoms with van der Waals surface area (Å²) in [5.41, 5.74) is 0. The predicted molar refractivity (Wildman–Crippen MR) is 41.0 cm³/mol. The fourth-order valence-electron chi connectivity index (χ4n) is 0.757. The lowest BCUT2D eigenvalue weighted by atomic mass is 10.1. The number of hydrogen-bond donors (Lipinski definition) is 3. The minimum atomic E-state index is -0.605. The van der Waals surface area contributed by atoms with Crippen molar-refractivity contribution < 1.29 is 15.0 Å². The molecule has 0 aromatic rings. The predicted octanol–water partition coefficient (Wildman–Crippen LogP) is -0.744. The first-order chi connectivity index (χ1) is 5.31. The van der Waals surface area contributed by atoms with Crippen molar-refractivity contribution in [1.29, 1.82) is 0 Å². The van der Waals surface area contributed by atoms with Crippen LogP contribution in [-0.4, -0.2) is 35.9 Å². The van der Waals surface area contributed by atoms with Gasteiger partial charge in [0.05, 0.1) is 12.7 Å². The fraction of sp³-hybridized carbons (Fsp3) is 0.857. The van der Waals surface area contributed by atoms with Crippen molar-refractivity contribution in [2.75, 3.05) is 13.2 Å². The monoisotopic (exact) mass is 161 g/mol. The van der Waals surface area contributed by atoms with E-state index in [1.54, 1.807) is 0 Å². The lowest BCUT2D eigenvalue weighted by molar-refractivity contribution is -0.109. The van der Waals surface area contributed by atoms with Crippen molar-refractivity contribution in [2.24, 2.45) is 0 Å². The van der Waals surface area contributed by atoms with Gasteiger partial charge in [-0.2, -0.15) is 0 Å². The number of aliphatic hydroxyl groups is 2. The van der Waals surface area contributed by atoms with Gasteiger partial charge in [-0.1, -0.05) is 0 Å². The molecule has 0 aromatic heterocycles. The lowest BCUT2D eigenvalue weighted by Gasteiger charge is -2.05. The number of carbonyl (C=O) groups is 1. The molecule has 0 saturated carbocycles. The summed E-state index contributed by atoms with van der Waals surface area (Å²) in [7, 11) is 0. The quantitative estimate of drug-likeness (QED) is 0.340. The summed E-state index contributed by atoms with van der Waals surface area (Å²) in [6, 6.07) is 0. The summed E-state index contributed by atoms with van der Waals surface area (Å²) in [5.74, 6) is 0. The Morgan fingerprint density at radius 3 is 2.73 bits per heavy atom. The molecule has 0 heterocycles. The Hall–Kier alpha value is -0.610. The zero-order valence-corrected chi connectivity index (χ0v) is 6.49. The average Bonchev–Trinajstić information content (AvgIpc) is 2.04. The highest BCUT2D eigenvalue weighted by Gasteiger charge is 1.99. The Kier molecular flexibility index (Phi) is 7.08. The molecular weight excluding hydrogens is 146 g/mol. The van der Waals surface area contributed by atoms with Gasteiger partial charge >= 0.3 is 0 Å². The maximum absolute atomic E-state index is 9.76. The largest absolute Gasteiger partial charge is 0.394 e. The van der Waals surface area contributed by atoms with Crippen molar-refractivity contribution in [2.45, 2.75) is 25.4 Å². The van der Waals surface area contributed by atoms with E-state index >= 15 is 0 Å². The second kappa shape index (κ2) is 7.50. The van der Waals surface area contributed by atoms with Gasteiger partial charge in [0.15, 0.2) is 0 Å².